The molecule has 1 spiro atoms. The van der Waals surface area contributed by atoms with Gasteiger partial charge < -0.3 is 4.90 Å². The number of piperidine rings is 1. The van der Waals surface area contributed by atoms with Crippen LogP contribution in [-0.4, -0.2) is 33.3 Å². The Hall–Kier alpha value is -1.95. The summed E-state index contributed by atoms with van der Waals surface area (Å²) >= 11 is 1.39. The maximum absolute atomic E-state index is 12.9. The van der Waals surface area contributed by atoms with Crippen LogP contribution in [0.5, 0.6) is 0 Å². The van der Waals surface area contributed by atoms with E-state index in [1.165, 1.54) is 28.4 Å². The van der Waals surface area contributed by atoms with Crippen molar-refractivity contribution < 1.29 is 4.79 Å². The Kier molecular flexibility index (Phi) is 3.56. The largest absolute Gasteiger partial charge is 0.338 e. The van der Waals surface area contributed by atoms with Gasteiger partial charge in [-0.25, -0.2) is 4.98 Å². The standard InChI is InChI=1S/C17H19N3O2S/c21-14(13-11-18-16-20(15(13)22)9-10-23-16)19-8-4-7-17(12-19)5-2-1-3-6-17/h1-2,9-11H,3-8,12H2. The number of nitrogens with zero attached hydrogens (tertiary/aromatic N) is 3. The van der Waals surface area contributed by atoms with E-state index in [4.69, 9.17) is 0 Å². The smallest absolute Gasteiger partial charge is 0.271 e. The normalized spacial score (nSPS) is 24.4. The van der Waals surface area contributed by atoms with Crippen LogP contribution in [0.25, 0.3) is 4.96 Å². The molecular weight excluding hydrogens is 310 g/mol. The molecule has 23 heavy (non-hydrogen) atoms. The zero-order chi connectivity index (χ0) is 15.9. The first-order valence-electron chi connectivity index (χ1n) is 8.08. The molecule has 2 aromatic rings. The topological polar surface area (TPSA) is 54.7 Å². The molecule has 0 aromatic carbocycles. The maximum atomic E-state index is 12.9. The van der Waals surface area contributed by atoms with Crippen molar-refractivity contribution in [2.24, 2.45) is 5.41 Å². The molecule has 0 N–H and O–H groups in total. The molecular formula is C17H19N3O2S. The van der Waals surface area contributed by atoms with E-state index in [2.05, 4.69) is 17.1 Å². The lowest BCUT2D eigenvalue weighted by molar-refractivity contribution is 0.0482. The number of carbonyl (C=O) groups excluding carboxylic acids is 1. The highest BCUT2D eigenvalue weighted by atomic mass is 32.1. The molecule has 4 rings (SSSR count). The number of aromatic nitrogens is 2. The summed E-state index contributed by atoms with van der Waals surface area (Å²) in [5.74, 6) is -0.170. The predicted octanol–water partition coefficient (Wildman–Crippen LogP) is 2.72. The number of hydrogen-bond acceptors (Lipinski definition) is 4. The van der Waals surface area contributed by atoms with Gasteiger partial charge in [0, 0.05) is 30.9 Å². The summed E-state index contributed by atoms with van der Waals surface area (Å²) in [6.07, 6.45) is 13.0. The number of hydrogen-bond donors (Lipinski definition) is 0. The third-order valence-electron chi connectivity index (χ3n) is 5.08. The lowest BCUT2D eigenvalue weighted by Gasteiger charge is -2.43. The number of carbonyl (C=O) groups is 1. The van der Waals surface area contributed by atoms with E-state index in [0.717, 1.165) is 38.8 Å². The molecule has 2 aromatic heterocycles. The minimum Gasteiger partial charge on any atom is -0.338 e. The molecule has 6 heteroatoms. The zero-order valence-electron chi connectivity index (χ0n) is 12.9. The van der Waals surface area contributed by atoms with Crippen LogP contribution in [-0.2, 0) is 0 Å². The van der Waals surface area contributed by atoms with Gasteiger partial charge in [-0.3, -0.25) is 14.0 Å². The van der Waals surface area contributed by atoms with E-state index >= 15 is 0 Å². The summed E-state index contributed by atoms with van der Waals surface area (Å²) < 4.78 is 1.46. The molecule has 0 saturated carbocycles. The maximum Gasteiger partial charge on any atom is 0.271 e. The van der Waals surface area contributed by atoms with Gasteiger partial charge in [-0.2, -0.15) is 0 Å². The fourth-order valence-electron chi connectivity index (χ4n) is 3.84. The van der Waals surface area contributed by atoms with Crippen molar-refractivity contribution in [3.63, 3.8) is 0 Å². The van der Waals surface area contributed by atoms with Gasteiger partial charge in [0.05, 0.1) is 0 Å². The Bertz CT molecular complexity index is 838. The number of amides is 1. The molecule has 120 valence electrons. The van der Waals surface area contributed by atoms with Gasteiger partial charge in [0.15, 0.2) is 4.96 Å². The van der Waals surface area contributed by atoms with Crippen molar-refractivity contribution in [2.45, 2.75) is 32.1 Å². The summed E-state index contributed by atoms with van der Waals surface area (Å²) in [7, 11) is 0. The van der Waals surface area contributed by atoms with E-state index in [0.29, 0.717) is 4.96 Å². The van der Waals surface area contributed by atoms with Crippen LogP contribution in [0.1, 0.15) is 42.5 Å². The van der Waals surface area contributed by atoms with E-state index in [9.17, 15) is 9.59 Å². The second-order valence-corrected chi connectivity index (χ2v) is 7.45. The summed E-state index contributed by atoms with van der Waals surface area (Å²) in [6.45, 7) is 1.48. The highest BCUT2D eigenvalue weighted by molar-refractivity contribution is 7.15. The third-order valence-corrected chi connectivity index (χ3v) is 5.85. The second kappa shape index (κ2) is 5.60. The minimum absolute atomic E-state index is 0.170. The number of likely N-dealkylation sites (tertiary alicyclic amines) is 1. The van der Waals surface area contributed by atoms with Gasteiger partial charge >= 0.3 is 0 Å². The van der Waals surface area contributed by atoms with Crippen molar-refractivity contribution in [1.82, 2.24) is 14.3 Å². The van der Waals surface area contributed by atoms with Crippen LogP contribution in [0, 0.1) is 5.41 Å². The fraction of sp³-hybridized carbons (Fsp3) is 0.471. The first-order chi connectivity index (χ1) is 11.2. The molecule has 1 amide bonds. The van der Waals surface area contributed by atoms with E-state index in [1.54, 1.807) is 6.20 Å². The summed E-state index contributed by atoms with van der Waals surface area (Å²) in [4.78, 5) is 32.1. The Morgan fingerprint density at radius 2 is 2.22 bits per heavy atom. The van der Waals surface area contributed by atoms with Crippen molar-refractivity contribution >= 4 is 22.2 Å². The molecule has 1 fully saturated rings. The molecule has 0 radical (unpaired) electrons. The lowest BCUT2D eigenvalue weighted by atomic mass is 9.71. The van der Waals surface area contributed by atoms with Crippen LogP contribution < -0.4 is 5.56 Å². The monoisotopic (exact) mass is 329 g/mol. The zero-order valence-corrected chi connectivity index (χ0v) is 13.7. The molecule has 1 aliphatic heterocycles. The van der Waals surface area contributed by atoms with Crippen LogP contribution in [0.15, 0.2) is 34.7 Å². The van der Waals surface area contributed by atoms with Crippen LogP contribution in [0.2, 0.25) is 0 Å². The average Bonchev–Trinajstić information content (AvgIpc) is 3.05. The molecule has 1 aliphatic carbocycles. The van der Waals surface area contributed by atoms with Gasteiger partial charge in [-0.1, -0.05) is 12.2 Å². The van der Waals surface area contributed by atoms with Crippen LogP contribution in [0.3, 0.4) is 0 Å². The van der Waals surface area contributed by atoms with Gasteiger partial charge in [0.1, 0.15) is 5.56 Å². The number of allylic oxidation sites excluding steroid dienone is 2. The van der Waals surface area contributed by atoms with Crippen molar-refractivity contribution in [3.05, 3.63) is 45.8 Å². The summed E-state index contributed by atoms with van der Waals surface area (Å²) in [5.41, 5.74) is 0.132. The van der Waals surface area contributed by atoms with Gasteiger partial charge in [0.25, 0.3) is 11.5 Å². The second-order valence-electron chi connectivity index (χ2n) is 6.58. The minimum atomic E-state index is -0.260. The van der Waals surface area contributed by atoms with Gasteiger partial charge in [-0.05, 0) is 37.5 Å². The first-order valence-corrected chi connectivity index (χ1v) is 8.96. The van der Waals surface area contributed by atoms with Crippen molar-refractivity contribution in [3.8, 4) is 0 Å². The third kappa shape index (κ3) is 2.51. The fourth-order valence-corrected chi connectivity index (χ4v) is 4.51. The Morgan fingerprint density at radius 3 is 3.04 bits per heavy atom. The van der Waals surface area contributed by atoms with E-state index < -0.39 is 0 Å². The molecule has 1 atom stereocenters. The van der Waals surface area contributed by atoms with Gasteiger partial charge in [-0.15, -0.1) is 11.3 Å². The highest BCUT2D eigenvalue weighted by Crippen LogP contribution is 2.40. The summed E-state index contributed by atoms with van der Waals surface area (Å²) in [5, 5.41) is 1.81. The quantitative estimate of drug-likeness (QED) is 0.756. The Labute approximate surface area is 138 Å². The molecule has 0 bridgehead atoms. The predicted molar refractivity (Wildman–Crippen MR) is 89.9 cm³/mol. The Balaban J connectivity index is 1.63. The van der Waals surface area contributed by atoms with Crippen molar-refractivity contribution in [1.29, 1.82) is 0 Å². The van der Waals surface area contributed by atoms with Crippen molar-refractivity contribution in [2.75, 3.05) is 13.1 Å². The number of fused-ring (bicyclic) bond motifs is 1. The van der Waals surface area contributed by atoms with Crippen LogP contribution in [0.4, 0.5) is 0 Å². The average molecular weight is 329 g/mol. The highest BCUT2D eigenvalue weighted by Gasteiger charge is 2.37. The summed E-state index contributed by atoms with van der Waals surface area (Å²) in [6, 6.07) is 0. The van der Waals surface area contributed by atoms with Gasteiger partial charge in [0.2, 0.25) is 0 Å². The molecule has 1 unspecified atom stereocenters. The number of rotatable bonds is 1. The van der Waals surface area contributed by atoms with E-state index in [1.807, 2.05) is 10.3 Å². The molecule has 1 saturated heterocycles. The Morgan fingerprint density at radius 1 is 1.30 bits per heavy atom. The van der Waals surface area contributed by atoms with Crippen LogP contribution >= 0.6 is 11.3 Å². The van der Waals surface area contributed by atoms with E-state index in [-0.39, 0.29) is 22.4 Å². The molecule has 2 aliphatic rings. The number of thiazole rings is 1. The SMILES string of the molecule is O=C(c1cnc2sccn2c1=O)N1CCCC2(CC=CCC2)C1. The molecule has 3 heterocycles. The lowest BCUT2D eigenvalue weighted by Crippen LogP contribution is -2.47. The molecule has 5 nitrogen and oxygen atoms in total. The first kappa shape index (κ1) is 14.6.